The average molecular weight is 633 g/mol. The number of ether oxygens (including phenoxy) is 8. The summed E-state index contributed by atoms with van der Waals surface area (Å²) in [6.07, 6.45) is 6.67. The molecule has 1 saturated heterocycles. The van der Waals surface area contributed by atoms with Gasteiger partial charge in [-0.3, -0.25) is 0 Å². The maximum absolute atomic E-state index is 8.82. The van der Waals surface area contributed by atoms with Gasteiger partial charge in [-0.25, -0.2) is 9.36 Å². The number of aromatic nitrogens is 6. The van der Waals surface area contributed by atoms with Crippen molar-refractivity contribution >= 4 is 0 Å². The normalized spacial score (nSPS) is 14.9. The molecule has 0 amide bonds. The quantitative estimate of drug-likeness (QED) is 0.108. The van der Waals surface area contributed by atoms with Gasteiger partial charge in [0, 0.05) is 19.7 Å². The van der Waals surface area contributed by atoms with Gasteiger partial charge in [-0.2, -0.15) is 0 Å². The average Bonchev–Trinajstić information content (AvgIpc) is 3.72. The molecule has 3 rings (SSSR count). The van der Waals surface area contributed by atoms with Crippen LogP contribution in [0, 0.1) is 0 Å². The zero-order chi connectivity index (χ0) is 31.3. The number of nitrogens with two attached hydrogens (primary N) is 2. The Hall–Kier alpha value is -2.16. The maximum atomic E-state index is 8.82. The highest BCUT2D eigenvalue weighted by molar-refractivity contribution is 4.90. The van der Waals surface area contributed by atoms with Crippen LogP contribution in [-0.4, -0.2) is 140 Å². The number of nitrogens with zero attached hydrogens (tertiary/aromatic N) is 6. The van der Waals surface area contributed by atoms with E-state index in [9.17, 15) is 0 Å². The summed E-state index contributed by atoms with van der Waals surface area (Å²) in [6.45, 7) is 10.0. The van der Waals surface area contributed by atoms with Gasteiger partial charge in [0.2, 0.25) is 0 Å². The molecule has 254 valence electrons. The molecule has 3 heterocycles. The number of hydrogen-bond acceptors (Lipinski definition) is 15. The molecule has 0 saturated carbocycles. The Bertz CT molecular complexity index is 902. The SMILES string of the molecule is NCCOCCOCCOCCn1cc(CO)nn1.NCCOCCOCCOCCn1cc(COC2CCCCO2)nn1. The molecule has 2 aromatic heterocycles. The molecule has 1 aliphatic rings. The summed E-state index contributed by atoms with van der Waals surface area (Å²) in [7, 11) is 0. The van der Waals surface area contributed by atoms with Crippen LogP contribution < -0.4 is 11.5 Å². The molecule has 44 heavy (non-hydrogen) atoms. The van der Waals surface area contributed by atoms with E-state index in [0.717, 1.165) is 31.6 Å². The van der Waals surface area contributed by atoms with Crippen LogP contribution in [0.3, 0.4) is 0 Å². The van der Waals surface area contributed by atoms with Gasteiger partial charge in [-0.05, 0) is 19.3 Å². The molecule has 17 nitrogen and oxygen atoms in total. The fourth-order valence-corrected chi connectivity index (χ4v) is 3.62. The second-order valence-corrected chi connectivity index (χ2v) is 9.46. The minimum atomic E-state index is -0.108. The molecule has 0 spiro atoms. The number of aliphatic hydroxyl groups is 1. The van der Waals surface area contributed by atoms with Crippen molar-refractivity contribution in [2.75, 3.05) is 99.0 Å². The topological polar surface area (TPSA) is 208 Å². The lowest BCUT2D eigenvalue weighted by Crippen LogP contribution is -2.22. The van der Waals surface area contributed by atoms with Crippen LogP contribution in [0.4, 0.5) is 0 Å². The summed E-state index contributed by atoms with van der Waals surface area (Å²) in [5.41, 5.74) is 11.9. The van der Waals surface area contributed by atoms with Gasteiger partial charge < -0.3 is 54.5 Å². The van der Waals surface area contributed by atoms with Gasteiger partial charge in [0.05, 0.1) is 118 Å². The van der Waals surface area contributed by atoms with Gasteiger partial charge in [0.15, 0.2) is 6.29 Å². The lowest BCUT2D eigenvalue weighted by atomic mass is 10.2. The Balaban J connectivity index is 0.000000319. The van der Waals surface area contributed by atoms with Crippen LogP contribution in [0.2, 0.25) is 0 Å². The van der Waals surface area contributed by atoms with E-state index in [2.05, 4.69) is 20.6 Å². The van der Waals surface area contributed by atoms with E-state index < -0.39 is 0 Å². The zero-order valence-electron chi connectivity index (χ0n) is 25.8. The molecule has 2 aromatic rings. The predicted molar refractivity (Wildman–Crippen MR) is 157 cm³/mol. The van der Waals surface area contributed by atoms with Crippen LogP contribution in [0.25, 0.3) is 0 Å². The molecule has 0 aromatic carbocycles. The van der Waals surface area contributed by atoms with E-state index in [1.165, 1.54) is 0 Å². The smallest absolute Gasteiger partial charge is 0.158 e. The highest BCUT2D eigenvalue weighted by atomic mass is 16.7. The Morgan fingerprint density at radius 3 is 1.61 bits per heavy atom. The Morgan fingerprint density at radius 1 is 0.682 bits per heavy atom. The summed E-state index contributed by atoms with van der Waals surface area (Å²) in [5.74, 6) is 0. The van der Waals surface area contributed by atoms with E-state index in [1.807, 2.05) is 6.20 Å². The molecule has 1 fully saturated rings. The third kappa shape index (κ3) is 20.0. The fraction of sp³-hybridized carbons (Fsp3) is 0.852. The lowest BCUT2D eigenvalue weighted by Gasteiger charge is -2.22. The van der Waals surface area contributed by atoms with Crippen LogP contribution in [0.15, 0.2) is 12.4 Å². The minimum absolute atomic E-state index is 0.0963. The first kappa shape index (κ1) is 38.0. The Labute approximate surface area is 259 Å². The van der Waals surface area contributed by atoms with E-state index in [1.54, 1.807) is 15.6 Å². The van der Waals surface area contributed by atoms with Crippen LogP contribution in [0.1, 0.15) is 30.7 Å². The maximum Gasteiger partial charge on any atom is 0.158 e. The summed E-state index contributed by atoms with van der Waals surface area (Å²) >= 11 is 0. The second-order valence-electron chi connectivity index (χ2n) is 9.46. The standard InChI is InChI=1S/C16H30N4O5.C11H22N4O4/c17-4-7-21-9-11-23-12-10-22-8-5-20-13-15(18-19-20)14-25-16-3-1-2-6-24-16;12-1-3-17-5-7-19-8-6-18-4-2-15-9-11(10-16)13-14-15/h13,16H,1-12,14,17H2;9,16H,1-8,10,12H2. The summed E-state index contributed by atoms with van der Waals surface area (Å²) < 4.78 is 46.5. The molecular weight excluding hydrogens is 580 g/mol. The first-order chi connectivity index (χ1) is 21.7. The van der Waals surface area contributed by atoms with Crippen molar-refractivity contribution < 1.29 is 43.0 Å². The van der Waals surface area contributed by atoms with Crippen molar-refractivity contribution in [1.82, 2.24) is 30.0 Å². The lowest BCUT2D eigenvalue weighted by molar-refractivity contribution is -0.169. The zero-order valence-corrected chi connectivity index (χ0v) is 25.8. The van der Waals surface area contributed by atoms with Crippen molar-refractivity contribution in [1.29, 1.82) is 0 Å². The van der Waals surface area contributed by atoms with E-state index in [4.69, 9.17) is 54.5 Å². The van der Waals surface area contributed by atoms with Crippen LogP contribution >= 0.6 is 0 Å². The Kier molecular flexibility index (Phi) is 23.5. The van der Waals surface area contributed by atoms with E-state index in [0.29, 0.717) is 118 Å². The molecule has 0 bridgehead atoms. The Morgan fingerprint density at radius 2 is 1.16 bits per heavy atom. The molecule has 1 unspecified atom stereocenters. The van der Waals surface area contributed by atoms with E-state index in [-0.39, 0.29) is 12.9 Å². The van der Waals surface area contributed by atoms with Gasteiger partial charge in [-0.15, -0.1) is 10.2 Å². The van der Waals surface area contributed by atoms with Crippen LogP contribution in [0.5, 0.6) is 0 Å². The molecule has 17 heteroatoms. The minimum Gasteiger partial charge on any atom is -0.390 e. The first-order valence-electron chi connectivity index (χ1n) is 15.2. The molecule has 1 atom stereocenters. The largest absolute Gasteiger partial charge is 0.390 e. The number of hydrogen-bond donors (Lipinski definition) is 3. The van der Waals surface area contributed by atoms with Crippen molar-refractivity contribution in [2.24, 2.45) is 11.5 Å². The second kappa shape index (κ2) is 27.2. The van der Waals surface area contributed by atoms with Gasteiger partial charge in [-0.1, -0.05) is 10.4 Å². The van der Waals surface area contributed by atoms with Crippen molar-refractivity contribution in [3.63, 3.8) is 0 Å². The van der Waals surface area contributed by atoms with Gasteiger partial charge in [0.1, 0.15) is 11.4 Å². The fourth-order valence-electron chi connectivity index (χ4n) is 3.62. The number of aliphatic hydroxyl groups excluding tert-OH is 1. The first-order valence-corrected chi connectivity index (χ1v) is 15.2. The third-order valence-electron chi connectivity index (χ3n) is 5.83. The number of rotatable bonds is 26. The molecule has 0 radical (unpaired) electrons. The summed E-state index contributed by atoms with van der Waals surface area (Å²) in [5, 5.41) is 24.6. The van der Waals surface area contributed by atoms with Crippen molar-refractivity contribution in [3.8, 4) is 0 Å². The highest BCUT2D eigenvalue weighted by Gasteiger charge is 2.14. The molecule has 5 N–H and O–H groups in total. The third-order valence-corrected chi connectivity index (χ3v) is 5.83. The van der Waals surface area contributed by atoms with E-state index >= 15 is 0 Å². The van der Waals surface area contributed by atoms with Gasteiger partial charge in [0.25, 0.3) is 0 Å². The molecule has 1 aliphatic heterocycles. The van der Waals surface area contributed by atoms with Crippen molar-refractivity contribution in [3.05, 3.63) is 23.8 Å². The summed E-state index contributed by atoms with van der Waals surface area (Å²) in [6, 6.07) is 0. The molecule has 0 aliphatic carbocycles. The summed E-state index contributed by atoms with van der Waals surface area (Å²) in [4.78, 5) is 0. The predicted octanol–water partition coefficient (Wildman–Crippen LogP) is -0.891. The van der Waals surface area contributed by atoms with Crippen LogP contribution in [-0.2, 0) is 64.2 Å². The molecular formula is C27H52N8O9. The van der Waals surface area contributed by atoms with Gasteiger partial charge >= 0.3 is 0 Å². The monoisotopic (exact) mass is 632 g/mol. The van der Waals surface area contributed by atoms with Crippen molar-refractivity contribution in [2.45, 2.75) is 51.9 Å². The highest BCUT2D eigenvalue weighted by Crippen LogP contribution is 2.14.